The molecule has 0 amide bonds. The predicted molar refractivity (Wildman–Crippen MR) is 59.7 cm³/mol. The second kappa shape index (κ2) is 5.27. The van der Waals surface area contributed by atoms with Crippen LogP contribution in [0.1, 0.15) is 25.1 Å². The monoisotopic (exact) mass is 245 g/mol. The van der Waals surface area contributed by atoms with Gasteiger partial charge in [0, 0.05) is 12.3 Å². The molecule has 6 heteroatoms. The van der Waals surface area contributed by atoms with Crippen LogP contribution in [0.3, 0.4) is 0 Å². The quantitative estimate of drug-likeness (QED) is 0.736. The molecule has 1 unspecified atom stereocenters. The van der Waals surface area contributed by atoms with E-state index >= 15 is 0 Å². The molecule has 0 saturated carbocycles. The van der Waals surface area contributed by atoms with Crippen molar-refractivity contribution in [3.8, 4) is 5.75 Å². The molecular weight excluding hydrogens is 230 g/mol. The van der Waals surface area contributed by atoms with Crippen molar-refractivity contribution in [1.82, 2.24) is 4.98 Å². The van der Waals surface area contributed by atoms with E-state index in [1.807, 2.05) is 6.92 Å². The van der Waals surface area contributed by atoms with Gasteiger partial charge in [0.2, 0.25) is 0 Å². The van der Waals surface area contributed by atoms with Gasteiger partial charge < -0.3 is 4.74 Å². The van der Waals surface area contributed by atoms with E-state index in [4.69, 9.17) is 8.92 Å². The third-order valence-corrected chi connectivity index (χ3v) is 2.56. The van der Waals surface area contributed by atoms with Crippen molar-refractivity contribution in [2.45, 2.75) is 19.4 Å². The van der Waals surface area contributed by atoms with E-state index in [-0.39, 0.29) is 0 Å². The summed E-state index contributed by atoms with van der Waals surface area (Å²) < 4.78 is 32.1. The lowest BCUT2D eigenvalue weighted by molar-refractivity contribution is 0.206. The Kier molecular flexibility index (Phi) is 4.26. The molecule has 0 saturated heterocycles. The summed E-state index contributed by atoms with van der Waals surface area (Å²) in [6.07, 6.45) is 2.54. The van der Waals surface area contributed by atoms with Crippen LogP contribution in [0, 0.1) is 0 Å². The van der Waals surface area contributed by atoms with Crippen LogP contribution >= 0.6 is 0 Å². The van der Waals surface area contributed by atoms with E-state index in [1.165, 1.54) is 7.11 Å². The number of methoxy groups -OCH3 is 1. The van der Waals surface area contributed by atoms with Gasteiger partial charge in [0.15, 0.2) is 0 Å². The highest BCUT2D eigenvalue weighted by molar-refractivity contribution is 7.86. The molecule has 1 aromatic rings. The minimum Gasteiger partial charge on any atom is -0.497 e. The number of aromatic nitrogens is 1. The molecule has 1 rings (SSSR count). The lowest BCUT2D eigenvalue weighted by Crippen LogP contribution is -2.11. The summed E-state index contributed by atoms with van der Waals surface area (Å²) in [5.41, 5.74) is 0.548. The third-order valence-electron chi connectivity index (χ3n) is 1.98. The molecule has 1 heterocycles. The summed E-state index contributed by atoms with van der Waals surface area (Å²) in [5.74, 6) is 0.626. The number of rotatable bonds is 5. The highest BCUT2D eigenvalue weighted by Gasteiger charge is 2.17. The Morgan fingerprint density at radius 3 is 2.69 bits per heavy atom. The average molecular weight is 245 g/mol. The van der Waals surface area contributed by atoms with E-state index < -0.39 is 16.2 Å². The van der Waals surface area contributed by atoms with Crippen LogP contribution in [-0.2, 0) is 14.3 Å². The second-order valence-corrected chi connectivity index (χ2v) is 4.92. The van der Waals surface area contributed by atoms with Crippen LogP contribution in [0.2, 0.25) is 0 Å². The van der Waals surface area contributed by atoms with Gasteiger partial charge in [-0.15, -0.1) is 0 Å². The number of ether oxygens (including phenoxy) is 1. The molecule has 16 heavy (non-hydrogen) atoms. The lowest BCUT2D eigenvalue weighted by Gasteiger charge is -2.14. The summed E-state index contributed by atoms with van der Waals surface area (Å²) in [7, 11) is -1.94. The molecule has 0 aliphatic heterocycles. The normalized spacial score (nSPS) is 13.4. The second-order valence-electron chi connectivity index (χ2n) is 3.32. The Balaban J connectivity index is 2.94. The first-order chi connectivity index (χ1) is 7.46. The predicted octanol–water partition coefficient (Wildman–Crippen LogP) is 1.52. The van der Waals surface area contributed by atoms with Crippen molar-refractivity contribution in [3.05, 3.63) is 24.0 Å². The highest BCUT2D eigenvalue weighted by atomic mass is 32.2. The molecule has 1 atom stereocenters. The lowest BCUT2D eigenvalue weighted by atomic mass is 10.2. The van der Waals surface area contributed by atoms with Crippen molar-refractivity contribution in [2.24, 2.45) is 0 Å². The molecule has 0 N–H and O–H groups in total. The van der Waals surface area contributed by atoms with Crippen molar-refractivity contribution in [2.75, 3.05) is 13.4 Å². The van der Waals surface area contributed by atoms with Crippen LogP contribution in [0.5, 0.6) is 5.75 Å². The fourth-order valence-corrected chi connectivity index (χ4v) is 1.93. The van der Waals surface area contributed by atoms with Gasteiger partial charge in [0.05, 0.1) is 19.1 Å². The third kappa shape index (κ3) is 3.79. The maximum Gasteiger partial charge on any atom is 0.265 e. The van der Waals surface area contributed by atoms with Crippen LogP contribution in [0.15, 0.2) is 18.3 Å². The molecular formula is C10H15NO4S. The molecule has 5 nitrogen and oxygen atoms in total. The van der Waals surface area contributed by atoms with E-state index in [0.29, 0.717) is 17.9 Å². The Morgan fingerprint density at radius 2 is 2.19 bits per heavy atom. The first-order valence-electron chi connectivity index (χ1n) is 4.84. The zero-order chi connectivity index (χ0) is 12.2. The van der Waals surface area contributed by atoms with E-state index in [9.17, 15) is 8.42 Å². The molecule has 0 aliphatic carbocycles. The van der Waals surface area contributed by atoms with Crippen molar-refractivity contribution >= 4 is 10.1 Å². The van der Waals surface area contributed by atoms with Gasteiger partial charge in [-0.05, 0) is 12.5 Å². The number of nitrogens with zero attached hydrogens (tertiary/aromatic N) is 1. The summed E-state index contributed by atoms with van der Waals surface area (Å²) >= 11 is 0. The molecule has 1 aromatic heterocycles. The van der Waals surface area contributed by atoms with Crippen LogP contribution in [0.25, 0.3) is 0 Å². The zero-order valence-corrected chi connectivity index (χ0v) is 10.3. The van der Waals surface area contributed by atoms with Gasteiger partial charge in [0.25, 0.3) is 10.1 Å². The Labute approximate surface area is 95.5 Å². The zero-order valence-electron chi connectivity index (χ0n) is 9.50. The van der Waals surface area contributed by atoms with Gasteiger partial charge >= 0.3 is 0 Å². The van der Waals surface area contributed by atoms with Gasteiger partial charge in [-0.3, -0.25) is 9.17 Å². The minimum atomic E-state index is -3.48. The number of hydrogen-bond donors (Lipinski definition) is 0. The van der Waals surface area contributed by atoms with Gasteiger partial charge in [0.1, 0.15) is 11.9 Å². The molecule has 0 radical (unpaired) electrons. The number of pyridine rings is 1. The fourth-order valence-electron chi connectivity index (χ4n) is 1.27. The van der Waals surface area contributed by atoms with Crippen molar-refractivity contribution < 1.29 is 17.3 Å². The smallest absolute Gasteiger partial charge is 0.265 e. The summed E-state index contributed by atoms with van der Waals surface area (Å²) in [6, 6.07) is 3.36. The minimum absolute atomic E-state index is 0.521. The molecule has 0 bridgehead atoms. The Morgan fingerprint density at radius 1 is 1.50 bits per heavy atom. The summed E-state index contributed by atoms with van der Waals surface area (Å²) in [5, 5.41) is 0. The average Bonchev–Trinajstić information content (AvgIpc) is 2.25. The van der Waals surface area contributed by atoms with E-state index in [0.717, 1.165) is 6.26 Å². The maximum absolute atomic E-state index is 11.0. The van der Waals surface area contributed by atoms with Gasteiger partial charge in [-0.2, -0.15) is 8.42 Å². The first kappa shape index (κ1) is 12.9. The SMILES string of the molecule is CCC(OS(C)(=O)=O)c1cc(OC)ccn1. The Bertz CT molecular complexity index is 444. The van der Waals surface area contributed by atoms with Crippen LogP contribution < -0.4 is 4.74 Å². The standard InChI is InChI=1S/C10H15NO4S/c1-4-10(15-16(3,12)13)9-7-8(14-2)5-6-11-9/h5-7,10H,4H2,1-3H3. The fraction of sp³-hybridized carbons (Fsp3) is 0.500. The van der Waals surface area contributed by atoms with Crippen LogP contribution in [0.4, 0.5) is 0 Å². The van der Waals surface area contributed by atoms with Crippen LogP contribution in [-0.4, -0.2) is 26.8 Å². The highest BCUT2D eigenvalue weighted by Crippen LogP contribution is 2.23. The maximum atomic E-state index is 11.0. The summed E-state index contributed by atoms with van der Waals surface area (Å²) in [6.45, 7) is 1.83. The molecule has 0 aromatic carbocycles. The number of hydrogen-bond acceptors (Lipinski definition) is 5. The Hall–Kier alpha value is -1.14. The van der Waals surface area contributed by atoms with Gasteiger partial charge in [-0.25, -0.2) is 0 Å². The topological polar surface area (TPSA) is 65.5 Å². The first-order valence-corrected chi connectivity index (χ1v) is 6.66. The van der Waals surface area contributed by atoms with Crippen molar-refractivity contribution in [3.63, 3.8) is 0 Å². The molecule has 90 valence electrons. The molecule has 0 aliphatic rings. The van der Waals surface area contributed by atoms with Crippen molar-refractivity contribution in [1.29, 1.82) is 0 Å². The largest absolute Gasteiger partial charge is 0.497 e. The van der Waals surface area contributed by atoms with E-state index in [1.54, 1.807) is 18.3 Å². The van der Waals surface area contributed by atoms with Gasteiger partial charge in [-0.1, -0.05) is 6.92 Å². The molecule has 0 fully saturated rings. The molecule has 0 spiro atoms. The van der Waals surface area contributed by atoms with E-state index in [2.05, 4.69) is 4.98 Å². The summed E-state index contributed by atoms with van der Waals surface area (Å²) in [4.78, 5) is 4.07.